The molecule has 1 aliphatic rings. The second-order valence-corrected chi connectivity index (χ2v) is 7.21. The molecule has 3 heterocycles. The van der Waals surface area contributed by atoms with Gasteiger partial charge >= 0.3 is 0 Å². The fourth-order valence-electron chi connectivity index (χ4n) is 3.35. The number of halogens is 2. The summed E-state index contributed by atoms with van der Waals surface area (Å²) >= 11 is 3.56. The summed E-state index contributed by atoms with van der Waals surface area (Å²) in [6, 6.07) is 15.6. The molecule has 2 atom stereocenters. The molecule has 0 fully saturated rings. The summed E-state index contributed by atoms with van der Waals surface area (Å²) < 4.78 is 5.04. The predicted octanol–water partition coefficient (Wildman–Crippen LogP) is 0.136. The first kappa shape index (κ1) is 19.0. The first-order valence-corrected chi connectivity index (χ1v) is 9.02. The van der Waals surface area contributed by atoms with Crippen LogP contribution in [-0.2, 0) is 13.1 Å². The van der Waals surface area contributed by atoms with E-state index in [4.69, 9.17) is 0 Å². The average Bonchev–Trinajstić information content (AvgIpc) is 3.20. The number of hydrogen-bond donors (Lipinski definition) is 1. The number of carbonyl (C=O) groups excluding carboxylic acids is 1. The van der Waals surface area contributed by atoms with Crippen molar-refractivity contribution in [3.8, 4) is 0 Å². The minimum Gasteiger partial charge on any atom is -1.00 e. The number of hydrogen-bond acceptors (Lipinski definition) is 2. The standard InChI is InChI=1S/C20H18BrN2O2.BrH/c21-17-5-2-1-4-15(17)12-22-10-7-14(8-11-22)19(24)16-13-23-9-3-6-18(23)20(16)25;/h1-11,16,19,24H,12-13H2;1H/q+1;/p-1. The van der Waals surface area contributed by atoms with Gasteiger partial charge < -0.3 is 26.7 Å². The summed E-state index contributed by atoms with van der Waals surface area (Å²) in [6.07, 6.45) is 4.98. The number of benzene rings is 1. The van der Waals surface area contributed by atoms with Crippen LogP contribution in [0.15, 0.2) is 71.6 Å². The highest BCUT2D eigenvalue weighted by atomic mass is 79.9. The van der Waals surface area contributed by atoms with E-state index in [0.717, 1.165) is 16.6 Å². The maximum Gasteiger partial charge on any atom is 0.187 e. The molecule has 0 saturated carbocycles. The predicted molar refractivity (Wildman–Crippen MR) is 97.1 cm³/mol. The highest BCUT2D eigenvalue weighted by molar-refractivity contribution is 9.10. The van der Waals surface area contributed by atoms with Crippen molar-refractivity contribution in [1.82, 2.24) is 4.57 Å². The van der Waals surface area contributed by atoms with Crippen molar-refractivity contribution in [3.05, 3.63) is 88.4 Å². The lowest BCUT2D eigenvalue weighted by Gasteiger charge is -2.16. The summed E-state index contributed by atoms with van der Waals surface area (Å²) in [5.41, 5.74) is 2.64. The molecule has 1 aromatic carbocycles. The first-order chi connectivity index (χ1) is 12.1. The Morgan fingerprint density at radius 3 is 2.58 bits per heavy atom. The van der Waals surface area contributed by atoms with Gasteiger partial charge in [-0.25, -0.2) is 4.57 Å². The highest BCUT2D eigenvalue weighted by Gasteiger charge is 2.36. The maximum absolute atomic E-state index is 12.4. The van der Waals surface area contributed by atoms with Crippen molar-refractivity contribution in [3.63, 3.8) is 0 Å². The Bertz CT molecular complexity index is 922. The van der Waals surface area contributed by atoms with E-state index in [1.165, 1.54) is 5.56 Å². The van der Waals surface area contributed by atoms with Crippen LogP contribution in [0.3, 0.4) is 0 Å². The topological polar surface area (TPSA) is 46.1 Å². The van der Waals surface area contributed by atoms with Gasteiger partial charge in [0.1, 0.15) is 0 Å². The van der Waals surface area contributed by atoms with E-state index in [-0.39, 0.29) is 22.8 Å². The molecule has 1 N–H and O–H groups in total. The van der Waals surface area contributed by atoms with Gasteiger partial charge in [0, 0.05) is 34.9 Å². The van der Waals surface area contributed by atoms with Gasteiger partial charge in [0.2, 0.25) is 0 Å². The van der Waals surface area contributed by atoms with E-state index in [9.17, 15) is 9.90 Å². The zero-order valence-corrected chi connectivity index (χ0v) is 17.1. The zero-order valence-electron chi connectivity index (χ0n) is 13.9. The molecule has 26 heavy (non-hydrogen) atoms. The SMILES string of the molecule is O=C1c2cccn2CC1C(O)c1cc[n+](Cc2ccccc2Br)cc1.[Br-]. The number of fused-ring (bicyclic) bond motifs is 1. The Morgan fingerprint density at radius 2 is 1.88 bits per heavy atom. The number of aromatic nitrogens is 2. The number of carbonyl (C=O) groups is 1. The van der Waals surface area contributed by atoms with Crippen LogP contribution in [0.25, 0.3) is 0 Å². The summed E-state index contributed by atoms with van der Waals surface area (Å²) in [7, 11) is 0. The average molecular weight is 478 g/mol. The van der Waals surface area contributed by atoms with E-state index in [2.05, 4.69) is 26.6 Å². The Labute approximate surface area is 171 Å². The highest BCUT2D eigenvalue weighted by Crippen LogP contribution is 2.31. The Hall–Kier alpha value is -1.76. The second-order valence-electron chi connectivity index (χ2n) is 6.36. The fourth-order valence-corrected chi connectivity index (χ4v) is 3.76. The molecule has 0 amide bonds. The van der Waals surface area contributed by atoms with E-state index >= 15 is 0 Å². The molecule has 134 valence electrons. The number of ketones is 1. The van der Waals surface area contributed by atoms with E-state index in [1.807, 2.05) is 65.6 Å². The summed E-state index contributed by atoms with van der Waals surface area (Å²) in [5, 5.41) is 10.7. The third-order valence-electron chi connectivity index (χ3n) is 4.76. The summed E-state index contributed by atoms with van der Waals surface area (Å²) in [5.74, 6) is -0.391. The molecule has 0 spiro atoms. The van der Waals surface area contributed by atoms with Crippen LogP contribution in [-0.4, -0.2) is 15.5 Å². The molecular weight excluding hydrogens is 460 g/mol. The Morgan fingerprint density at radius 1 is 1.15 bits per heavy atom. The molecule has 1 aliphatic heterocycles. The number of pyridine rings is 1. The van der Waals surface area contributed by atoms with Crippen molar-refractivity contribution in [2.24, 2.45) is 5.92 Å². The maximum atomic E-state index is 12.4. The van der Waals surface area contributed by atoms with Crippen molar-refractivity contribution in [2.75, 3.05) is 0 Å². The van der Waals surface area contributed by atoms with Crippen molar-refractivity contribution >= 4 is 21.7 Å². The molecule has 0 saturated heterocycles. The van der Waals surface area contributed by atoms with Gasteiger partial charge in [-0.2, -0.15) is 0 Å². The number of Topliss-reactive ketones (excluding diaryl/α,β-unsaturated/α-hetero) is 1. The largest absolute Gasteiger partial charge is 1.00 e. The van der Waals surface area contributed by atoms with E-state index in [1.54, 1.807) is 0 Å². The normalized spacial score (nSPS) is 16.8. The van der Waals surface area contributed by atoms with Crippen molar-refractivity contribution in [2.45, 2.75) is 19.2 Å². The molecule has 6 heteroatoms. The van der Waals surface area contributed by atoms with Crippen LogP contribution < -0.4 is 21.5 Å². The second kappa shape index (κ2) is 7.86. The van der Waals surface area contributed by atoms with Crippen molar-refractivity contribution < 1.29 is 31.4 Å². The molecule has 4 rings (SSSR count). The zero-order chi connectivity index (χ0) is 17.4. The Kier molecular flexibility index (Phi) is 5.75. The molecule has 0 bridgehead atoms. The van der Waals surface area contributed by atoms with Crippen LogP contribution in [0.2, 0.25) is 0 Å². The van der Waals surface area contributed by atoms with Gasteiger partial charge in [-0.3, -0.25) is 4.79 Å². The quantitative estimate of drug-likeness (QED) is 0.543. The lowest BCUT2D eigenvalue weighted by molar-refractivity contribution is -0.688. The molecule has 3 aromatic rings. The van der Waals surface area contributed by atoms with Crippen LogP contribution in [0.1, 0.15) is 27.7 Å². The van der Waals surface area contributed by atoms with E-state index < -0.39 is 12.0 Å². The molecule has 2 aromatic heterocycles. The number of aliphatic hydroxyl groups excluding tert-OH is 1. The molecule has 2 unspecified atom stereocenters. The summed E-state index contributed by atoms with van der Waals surface area (Å²) in [6.45, 7) is 1.28. The molecule has 0 aliphatic carbocycles. The molecule has 0 radical (unpaired) electrons. The third-order valence-corrected chi connectivity index (χ3v) is 5.54. The van der Waals surface area contributed by atoms with Gasteiger partial charge in [-0.05, 0) is 23.8 Å². The molecule has 4 nitrogen and oxygen atoms in total. The van der Waals surface area contributed by atoms with Gasteiger partial charge in [-0.15, -0.1) is 0 Å². The summed E-state index contributed by atoms with van der Waals surface area (Å²) in [4.78, 5) is 12.4. The van der Waals surface area contributed by atoms with Gasteiger partial charge in [0.15, 0.2) is 24.7 Å². The van der Waals surface area contributed by atoms with Gasteiger partial charge in [0.05, 0.1) is 17.7 Å². The number of rotatable bonds is 4. The third kappa shape index (κ3) is 3.54. The first-order valence-electron chi connectivity index (χ1n) is 8.23. The number of aliphatic hydroxyl groups is 1. The van der Waals surface area contributed by atoms with Gasteiger partial charge in [-0.1, -0.05) is 34.1 Å². The minimum absolute atomic E-state index is 0. The lowest BCUT2D eigenvalue weighted by Crippen LogP contribution is -3.00. The molecular formula is C20H18Br2N2O2. The number of nitrogens with zero attached hydrogens (tertiary/aromatic N) is 2. The fraction of sp³-hybridized carbons (Fsp3) is 0.200. The van der Waals surface area contributed by atoms with Crippen LogP contribution in [0, 0.1) is 5.92 Å². The smallest absolute Gasteiger partial charge is 0.187 e. The van der Waals surface area contributed by atoms with Crippen LogP contribution in [0.5, 0.6) is 0 Å². The van der Waals surface area contributed by atoms with Gasteiger partial charge in [0.25, 0.3) is 0 Å². The lowest BCUT2D eigenvalue weighted by atomic mass is 9.93. The Balaban J connectivity index is 0.00000196. The van der Waals surface area contributed by atoms with Crippen molar-refractivity contribution in [1.29, 1.82) is 0 Å². The minimum atomic E-state index is -0.787. The monoisotopic (exact) mass is 476 g/mol. The van der Waals surface area contributed by atoms with Crippen LogP contribution in [0.4, 0.5) is 0 Å². The van der Waals surface area contributed by atoms with Crippen LogP contribution >= 0.6 is 15.9 Å². The van der Waals surface area contributed by atoms with E-state index in [0.29, 0.717) is 12.2 Å².